The van der Waals surface area contributed by atoms with Gasteiger partial charge in [0.2, 0.25) is 10.0 Å². The highest BCUT2D eigenvalue weighted by atomic mass is 35.5. The van der Waals surface area contributed by atoms with E-state index < -0.39 is 10.0 Å². The standard InChI is InChI=1S/C9H14N2O2S.ClH/c1-14(12,13)11-7-9-4-2-8(6-10)3-5-9;/h2-5,11H,6-7,10H2,1H3;1H. The topological polar surface area (TPSA) is 72.2 Å². The third-order valence-electron chi connectivity index (χ3n) is 1.80. The molecule has 1 aromatic carbocycles. The molecule has 0 fully saturated rings. The Bertz CT molecular complexity index is 389. The first-order chi connectivity index (χ1) is 6.51. The Morgan fingerprint density at radius 1 is 1.20 bits per heavy atom. The molecule has 86 valence electrons. The fourth-order valence-electron chi connectivity index (χ4n) is 1.01. The van der Waals surface area contributed by atoms with Gasteiger partial charge < -0.3 is 5.73 Å². The van der Waals surface area contributed by atoms with Gasteiger partial charge in [-0.3, -0.25) is 0 Å². The minimum absolute atomic E-state index is 0. The Morgan fingerprint density at radius 3 is 2.07 bits per heavy atom. The van der Waals surface area contributed by atoms with Crippen molar-refractivity contribution in [3.05, 3.63) is 35.4 Å². The van der Waals surface area contributed by atoms with Gasteiger partial charge in [-0.15, -0.1) is 12.4 Å². The zero-order valence-electron chi connectivity index (χ0n) is 8.43. The summed E-state index contributed by atoms with van der Waals surface area (Å²) in [6.07, 6.45) is 1.14. The molecule has 4 nitrogen and oxygen atoms in total. The van der Waals surface area contributed by atoms with Crippen molar-refractivity contribution in [1.29, 1.82) is 0 Å². The summed E-state index contributed by atoms with van der Waals surface area (Å²) in [5.74, 6) is 0. The highest BCUT2D eigenvalue weighted by molar-refractivity contribution is 7.88. The summed E-state index contributed by atoms with van der Waals surface area (Å²) >= 11 is 0. The van der Waals surface area contributed by atoms with Crippen molar-refractivity contribution >= 4 is 22.4 Å². The van der Waals surface area contributed by atoms with Crippen molar-refractivity contribution in [2.45, 2.75) is 13.1 Å². The number of hydrogen-bond acceptors (Lipinski definition) is 3. The molecule has 0 radical (unpaired) electrons. The number of benzene rings is 1. The van der Waals surface area contributed by atoms with Crippen molar-refractivity contribution in [3.63, 3.8) is 0 Å². The van der Waals surface area contributed by atoms with E-state index in [0.29, 0.717) is 13.1 Å². The normalized spacial score (nSPS) is 10.8. The molecule has 1 rings (SSSR count). The Morgan fingerprint density at radius 2 is 1.67 bits per heavy atom. The average Bonchev–Trinajstić information content (AvgIpc) is 2.14. The van der Waals surface area contributed by atoms with E-state index in [1.54, 1.807) is 0 Å². The summed E-state index contributed by atoms with van der Waals surface area (Å²) in [5, 5.41) is 0. The van der Waals surface area contributed by atoms with Crippen LogP contribution < -0.4 is 10.5 Å². The summed E-state index contributed by atoms with van der Waals surface area (Å²) < 4.78 is 24.0. The van der Waals surface area contributed by atoms with Crippen molar-refractivity contribution in [3.8, 4) is 0 Å². The number of sulfonamides is 1. The fraction of sp³-hybridized carbons (Fsp3) is 0.333. The van der Waals surface area contributed by atoms with Crippen LogP contribution in [-0.2, 0) is 23.1 Å². The molecule has 0 bridgehead atoms. The molecule has 0 atom stereocenters. The molecule has 1 aromatic rings. The van der Waals surface area contributed by atoms with Crippen LogP contribution in [0.15, 0.2) is 24.3 Å². The van der Waals surface area contributed by atoms with Crippen LogP contribution in [-0.4, -0.2) is 14.7 Å². The number of halogens is 1. The second-order valence-electron chi connectivity index (χ2n) is 3.11. The molecule has 6 heteroatoms. The molecule has 0 saturated heterocycles. The zero-order valence-corrected chi connectivity index (χ0v) is 10.1. The molecular weight excluding hydrogens is 236 g/mol. The molecule has 0 spiro atoms. The number of rotatable bonds is 4. The van der Waals surface area contributed by atoms with Gasteiger partial charge in [0.15, 0.2) is 0 Å². The zero-order chi connectivity index (χ0) is 10.6. The molecule has 0 saturated carbocycles. The molecule has 0 aliphatic carbocycles. The second-order valence-corrected chi connectivity index (χ2v) is 4.95. The third-order valence-corrected chi connectivity index (χ3v) is 2.47. The molecule has 0 aliphatic rings. The maximum absolute atomic E-state index is 10.8. The van der Waals surface area contributed by atoms with Gasteiger partial charge in [-0.2, -0.15) is 0 Å². The largest absolute Gasteiger partial charge is 0.326 e. The predicted molar refractivity (Wildman–Crippen MR) is 63.3 cm³/mol. The molecule has 15 heavy (non-hydrogen) atoms. The van der Waals surface area contributed by atoms with Crippen LogP contribution in [0.5, 0.6) is 0 Å². The van der Waals surface area contributed by atoms with E-state index in [1.807, 2.05) is 24.3 Å². The van der Waals surface area contributed by atoms with E-state index in [2.05, 4.69) is 4.72 Å². The number of nitrogens with one attached hydrogen (secondary N) is 1. The molecule has 0 unspecified atom stereocenters. The van der Waals surface area contributed by atoms with Crippen LogP contribution in [0.2, 0.25) is 0 Å². The maximum atomic E-state index is 10.8. The van der Waals surface area contributed by atoms with Crippen LogP contribution in [0.1, 0.15) is 11.1 Å². The van der Waals surface area contributed by atoms with E-state index in [1.165, 1.54) is 0 Å². The Kier molecular flexibility index (Phi) is 5.82. The summed E-state index contributed by atoms with van der Waals surface area (Å²) in [6.45, 7) is 0.823. The van der Waals surface area contributed by atoms with Gasteiger partial charge in [-0.1, -0.05) is 24.3 Å². The van der Waals surface area contributed by atoms with E-state index >= 15 is 0 Å². The maximum Gasteiger partial charge on any atom is 0.209 e. The van der Waals surface area contributed by atoms with Crippen LogP contribution in [0.4, 0.5) is 0 Å². The van der Waals surface area contributed by atoms with Gasteiger partial charge in [0.1, 0.15) is 0 Å². The van der Waals surface area contributed by atoms with Gasteiger partial charge in [0.05, 0.1) is 6.26 Å². The Balaban J connectivity index is 0.00000196. The molecular formula is C9H15ClN2O2S. The smallest absolute Gasteiger partial charge is 0.209 e. The average molecular weight is 251 g/mol. The van der Waals surface area contributed by atoms with Gasteiger partial charge in [-0.05, 0) is 11.1 Å². The van der Waals surface area contributed by atoms with Crippen LogP contribution in [0.25, 0.3) is 0 Å². The Hall–Kier alpha value is -0.620. The lowest BCUT2D eigenvalue weighted by Gasteiger charge is -2.03. The van der Waals surface area contributed by atoms with E-state index in [-0.39, 0.29) is 12.4 Å². The first-order valence-corrected chi connectivity index (χ1v) is 6.13. The molecule has 0 aliphatic heterocycles. The van der Waals surface area contributed by atoms with Crippen LogP contribution >= 0.6 is 12.4 Å². The second kappa shape index (κ2) is 6.07. The van der Waals surface area contributed by atoms with Crippen molar-refractivity contribution in [2.75, 3.05) is 6.26 Å². The lowest BCUT2D eigenvalue weighted by Crippen LogP contribution is -2.21. The first-order valence-electron chi connectivity index (χ1n) is 4.24. The van der Waals surface area contributed by atoms with Gasteiger partial charge in [0.25, 0.3) is 0 Å². The van der Waals surface area contributed by atoms with Crippen LogP contribution in [0.3, 0.4) is 0 Å². The lowest BCUT2D eigenvalue weighted by atomic mass is 10.1. The monoisotopic (exact) mass is 250 g/mol. The van der Waals surface area contributed by atoms with Gasteiger partial charge in [-0.25, -0.2) is 13.1 Å². The van der Waals surface area contributed by atoms with Crippen LogP contribution in [0, 0.1) is 0 Å². The lowest BCUT2D eigenvalue weighted by molar-refractivity contribution is 0.587. The SMILES string of the molecule is CS(=O)(=O)NCc1ccc(CN)cc1.Cl. The summed E-state index contributed by atoms with van der Waals surface area (Å²) in [5.41, 5.74) is 7.39. The highest BCUT2D eigenvalue weighted by Gasteiger charge is 2.00. The summed E-state index contributed by atoms with van der Waals surface area (Å²) in [6, 6.07) is 7.50. The van der Waals surface area contributed by atoms with E-state index in [9.17, 15) is 8.42 Å². The van der Waals surface area contributed by atoms with E-state index in [0.717, 1.165) is 17.4 Å². The molecule has 0 amide bonds. The minimum atomic E-state index is -3.11. The molecule has 0 heterocycles. The number of hydrogen-bond donors (Lipinski definition) is 2. The van der Waals surface area contributed by atoms with Crippen molar-refractivity contribution < 1.29 is 8.42 Å². The minimum Gasteiger partial charge on any atom is -0.326 e. The fourth-order valence-corrected chi connectivity index (χ4v) is 1.44. The molecule has 3 N–H and O–H groups in total. The quantitative estimate of drug-likeness (QED) is 0.823. The molecule has 0 aromatic heterocycles. The third kappa shape index (κ3) is 5.74. The Labute approximate surface area is 96.3 Å². The van der Waals surface area contributed by atoms with Crippen molar-refractivity contribution in [2.24, 2.45) is 5.73 Å². The summed E-state index contributed by atoms with van der Waals surface area (Å²) in [7, 11) is -3.11. The summed E-state index contributed by atoms with van der Waals surface area (Å²) in [4.78, 5) is 0. The van der Waals surface area contributed by atoms with Crippen molar-refractivity contribution in [1.82, 2.24) is 4.72 Å². The first kappa shape index (κ1) is 14.4. The van der Waals surface area contributed by atoms with Gasteiger partial charge >= 0.3 is 0 Å². The number of nitrogens with two attached hydrogens (primary N) is 1. The van der Waals surface area contributed by atoms with E-state index in [4.69, 9.17) is 5.73 Å². The predicted octanol–water partition coefficient (Wildman–Crippen LogP) is 0.616. The van der Waals surface area contributed by atoms with Gasteiger partial charge in [0, 0.05) is 13.1 Å². The highest BCUT2D eigenvalue weighted by Crippen LogP contribution is 2.03.